The van der Waals surface area contributed by atoms with Crippen molar-refractivity contribution in [3.05, 3.63) is 61.2 Å². The number of nitrogens with zero attached hydrogens (tertiary/aromatic N) is 4. The number of hydrogen-bond acceptors (Lipinski definition) is 12. The maximum absolute atomic E-state index is 15.4. The summed E-state index contributed by atoms with van der Waals surface area (Å²) in [6.07, 6.45) is -8.09. The summed E-state index contributed by atoms with van der Waals surface area (Å²) in [6, 6.07) is 11.5. The van der Waals surface area contributed by atoms with Crippen molar-refractivity contribution < 1.29 is 50.6 Å². The van der Waals surface area contributed by atoms with Crippen LogP contribution in [0.25, 0.3) is 11.2 Å². The second-order valence-corrected chi connectivity index (χ2v) is 10.5. The van der Waals surface area contributed by atoms with Crippen LogP contribution in [-0.2, 0) is 13.8 Å². The smallest absolute Gasteiger partial charge is 0.497 e. The number of nitrogen functional groups attached to an aromatic ring is 1. The highest BCUT2D eigenvalue weighted by molar-refractivity contribution is 7.49. The summed E-state index contributed by atoms with van der Waals surface area (Å²) in [5, 5.41) is 10.7. The van der Waals surface area contributed by atoms with E-state index in [1.54, 1.807) is 0 Å². The predicted molar refractivity (Wildman–Crippen MR) is 140 cm³/mol. The first kappa shape index (κ1) is 29.4. The Bertz CT molecular complexity index is 1530. The third-order valence-electron chi connectivity index (χ3n) is 6.45. The summed E-state index contributed by atoms with van der Waals surface area (Å²) in [6.45, 7) is -1.31. The van der Waals surface area contributed by atoms with Gasteiger partial charge >= 0.3 is 7.82 Å². The van der Waals surface area contributed by atoms with Crippen molar-refractivity contribution in [2.75, 3.05) is 26.6 Å². The van der Waals surface area contributed by atoms with E-state index < -0.39 is 45.0 Å². The number of aliphatic hydroxyl groups is 1. The highest BCUT2D eigenvalue weighted by atomic mass is 31.2. The molecular formula is C25H25F3N5O8P. The van der Waals surface area contributed by atoms with Gasteiger partial charge in [0.2, 0.25) is 0 Å². The van der Waals surface area contributed by atoms with Gasteiger partial charge < -0.3 is 34.1 Å². The van der Waals surface area contributed by atoms with E-state index in [9.17, 15) is 18.5 Å². The molecule has 0 unspecified atom stereocenters. The summed E-state index contributed by atoms with van der Waals surface area (Å²) >= 11 is 0. The standard InChI is InChI=1S/C25H25F3N5O8P/c1-36-14-3-7-16(8-4-14)40-42(35,41-17-9-5-15(37-2)6-10-17)38-11-25(24(27)28)20(34)18(26)23(39-25)33-13-32-19-21(29)30-12-31-22(19)33/h3-10,12-13,18,20,23-24,34H,11H2,1-2H3,(H2,29,30,31)/t18-,20-,23-,25-/m1/s1. The second-order valence-electron chi connectivity index (χ2n) is 8.99. The number of benzene rings is 2. The maximum Gasteiger partial charge on any atom is 0.587 e. The third-order valence-corrected chi connectivity index (χ3v) is 7.76. The number of phosphoric ester groups is 1. The number of alkyl halides is 3. The maximum atomic E-state index is 15.4. The third kappa shape index (κ3) is 5.53. The lowest BCUT2D eigenvalue weighted by Crippen LogP contribution is -2.52. The van der Waals surface area contributed by atoms with Crippen LogP contribution in [0.4, 0.5) is 19.0 Å². The topological polar surface area (TPSA) is 162 Å². The molecule has 4 aromatic rings. The van der Waals surface area contributed by atoms with E-state index in [4.69, 9.17) is 33.5 Å². The van der Waals surface area contributed by atoms with E-state index in [0.29, 0.717) is 11.5 Å². The number of rotatable bonds is 11. The lowest BCUT2D eigenvalue weighted by molar-refractivity contribution is -0.192. The molecule has 1 aliphatic rings. The number of methoxy groups -OCH3 is 2. The number of nitrogens with two attached hydrogens (primary N) is 1. The molecule has 2 aromatic heterocycles. The van der Waals surface area contributed by atoms with Crippen LogP contribution < -0.4 is 24.3 Å². The van der Waals surface area contributed by atoms with Crippen molar-refractivity contribution in [2.45, 2.75) is 30.5 Å². The molecule has 0 bridgehead atoms. The number of aliphatic hydroxyl groups excluding tert-OH is 1. The number of imidazole rings is 1. The number of ether oxygens (including phenoxy) is 3. The van der Waals surface area contributed by atoms with Crippen molar-refractivity contribution >= 4 is 24.8 Å². The van der Waals surface area contributed by atoms with Crippen molar-refractivity contribution in [2.24, 2.45) is 0 Å². The van der Waals surface area contributed by atoms with Crippen LogP contribution in [0, 0.1) is 0 Å². The molecule has 13 nitrogen and oxygen atoms in total. The van der Waals surface area contributed by atoms with Gasteiger partial charge in [0.15, 0.2) is 29.5 Å². The molecule has 0 radical (unpaired) electrons. The SMILES string of the molecule is COc1ccc(OP(=O)(OC[C@@]2(C(F)F)O[C@@H](n3cnc4c(N)ncnc43)[C@H](F)[C@H]2O)Oc2ccc(OC)cc2)cc1. The summed E-state index contributed by atoms with van der Waals surface area (Å²) in [7, 11) is -1.93. The molecule has 17 heteroatoms. The fraction of sp³-hybridized carbons (Fsp3) is 0.320. The number of fused-ring (bicyclic) bond motifs is 1. The summed E-state index contributed by atoms with van der Waals surface area (Å²) in [4.78, 5) is 11.7. The minimum absolute atomic E-state index is 0.0234. The average molecular weight is 611 g/mol. The zero-order valence-corrected chi connectivity index (χ0v) is 22.9. The first-order valence-corrected chi connectivity index (χ1v) is 13.7. The molecule has 3 heterocycles. The summed E-state index contributed by atoms with van der Waals surface area (Å²) in [5.74, 6) is 0.799. The van der Waals surface area contributed by atoms with Crippen LogP contribution in [0.2, 0.25) is 0 Å². The van der Waals surface area contributed by atoms with Crippen molar-refractivity contribution in [3.63, 3.8) is 0 Å². The average Bonchev–Trinajstić information content (AvgIpc) is 3.53. The van der Waals surface area contributed by atoms with Crippen LogP contribution in [0.3, 0.4) is 0 Å². The van der Waals surface area contributed by atoms with E-state index in [0.717, 1.165) is 17.2 Å². The Labute approximate surface area is 236 Å². The molecule has 224 valence electrons. The van der Waals surface area contributed by atoms with Gasteiger partial charge in [-0.3, -0.25) is 9.09 Å². The number of anilines is 1. The van der Waals surface area contributed by atoms with E-state index in [-0.39, 0.29) is 28.5 Å². The first-order chi connectivity index (χ1) is 20.1. The zero-order valence-electron chi connectivity index (χ0n) is 22.0. The molecule has 0 spiro atoms. The molecular weight excluding hydrogens is 586 g/mol. The molecule has 0 saturated carbocycles. The van der Waals surface area contributed by atoms with Gasteiger partial charge in [-0.25, -0.2) is 32.7 Å². The Hall–Kier alpha value is -4.11. The second kappa shape index (κ2) is 11.6. The Morgan fingerprint density at radius 1 is 1.00 bits per heavy atom. The molecule has 2 aromatic carbocycles. The van der Waals surface area contributed by atoms with Crippen molar-refractivity contribution in [1.82, 2.24) is 19.5 Å². The molecule has 5 rings (SSSR count). The van der Waals surface area contributed by atoms with Gasteiger partial charge in [0, 0.05) is 0 Å². The van der Waals surface area contributed by atoms with Crippen LogP contribution >= 0.6 is 7.82 Å². The van der Waals surface area contributed by atoms with Gasteiger partial charge in [0.25, 0.3) is 6.43 Å². The van der Waals surface area contributed by atoms with Crippen molar-refractivity contribution in [1.29, 1.82) is 0 Å². The molecule has 3 N–H and O–H groups in total. The number of halogens is 3. The number of aromatic nitrogens is 4. The molecule has 0 aliphatic carbocycles. The zero-order chi connectivity index (χ0) is 30.1. The normalized spacial score (nSPS) is 22.4. The Morgan fingerprint density at radius 3 is 2.07 bits per heavy atom. The molecule has 4 atom stereocenters. The fourth-order valence-corrected chi connectivity index (χ4v) is 5.46. The Kier molecular flexibility index (Phi) is 8.14. The van der Waals surface area contributed by atoms with Crippen molar-refractivity contribution in [3.8, 4) is 23.0 Å². The largest absolute Gasteiger partial charge is 0.587 e. The van der Waals surface area contributed by atoms with E-state index in [1.165, 1.54) is 62.8 Å². The number of hydrogen-bond donors (Lipinski definition) is 2. The molecule has 1 saturated heterocycles. The van der Waals surface area contributed by atoms with E-state index in [1.807, 2.05) is 0 Å². The van der Waals surface area contributed by atoms with Gasteiger partial charge in [-0.2, -0.15) is 0 Å². The summed E-state index contributed by atoms with van der Waals surface area (Å²) in [5.41, 5.74) is 2.80. The van der Waals surface area contributed by atoms with E-state index in [2.05, 4.69) is 15.0 Å². The monoisotopic (exact) mass is 611 g/mol. The lowest BCUT2D eigenvalue weighted by atomic mass is 9.97. The minimum atomic E-state index is -4.80. The van der Waals surface area contributed by atoms with Crippen LogP contribution in [0.5, 0.6) is 23.0 Å². The minimum Gasteiger partial charge on any atom is -0.497 e. The Balaban J connectivity index is 1.44. The van der Waals surface area contributed by atoms with Crippen LogP contribution in [-0.4, -0.2) is 69.8 Å². The van der Waals surface area contributed by atoms with Gasteiger partial charge in [0.1, 0.15) is 40.9 Å². The van der Waals surface area contributed by atoms with Gasteiger partial charge in [-0.15, -0.1) is 0 Å². The van der Waals surface area contributed by atoms with Gasteiger partial charge in [-0.1, -0.05) is 0 Å². The highest BCUT2D eigenvalue weighted by Crippen LogP contribution is 2.53. The van der Waals surface area contributed by atoms with Gasteiger partial charge in [-0.05, 0) is 48.5 Å². The number of phosphoric acid groups is 1. The molecule has 42 heavy (non-hydrogen) atoms. The first-order valence-electron chi connectivity index (χ1n) is 12.2. The molecule has 0 amide bonds. The summed E-state index contributed by atoms with van der Waals surface area (Å²) < 4.78 is 91.4. The fourth-order valence-electron chi connectivity index (χ4n) is 4.20. The van der Waals surface area contributed by atoms with Crippen LogP contribution in [0.1, 0.15) is 6.23 Å². The van der Waals surface area contributed by atoms with Gasteiger partial charge in [0.05, 0.1) is 27.2 Å². The highest BCUT2D eigenvalue weighted by Gasteiger charge is 2.62. The predicted octanol–water partition coefficient (Wildman–Crippen LogP) is 3.94. The lowest BCUT2D eigenvalue weighted by Gasteiger charge is -2.31. The molecule has 1 aliphatic heterocycles. The molecule has 1 fully saturated rings. The Morgan fingerprint density at radius 2 is 1.55 bits per heavy atom. The van der Waals surface area contributed by atoms with E-state index >= 15 is 4.39 Å². The van der Waals surface area contributed by atoms with Crippen LogP contribution in [0.15, 0.2) is 61.2 Å². The quantitative estimate of drug-likeness (QED) is 0.235.